The minimum atomic E-state index is -0.189. The molecule has 0 aromatic heterocycles. The number of rotatable bonds is 5. The summed E-state index contributed by atoms with van der Waals surface area (Å²) in [7, 11) is 0. The first kappa shape index (κ1) is 21.7. The highest BCUT2D eigenvalue weighted by Gasteiger charge is 2.24. The summed E-state index contributed by atoms with van der Waals surface area (Å²) in [5.74, 6) is 0.522. The minimum Gasteiger partial charge on any atom is -0.488 e. The fourth-order valence-corrected chi connectivity index (χ4v) is 4.18. The van der Waals surface area contributed by atoms with Crippen LogP contribution in [0.15, 0.2) is 81.1 Å². The van der Waals surface area contributed by atoms with E-state index in [0.717, 1.165) is 26.9 Å². The van der Waals surface area contributed by atoms with Crippen LogP contribution in [-0.4, -0.2) is 11.1 Å². The predicted octanol–water partition coefficient (Wildman–Crippen LogP) is 6.88. The van der Waals surface area contributed by atoms with Gasteiger partial charge in [-0.25, -0.2) is 4.99 Å². The molecule has 1 aliphatic rings. The number of carbonyl (C=O) groups excluding carboxylic acids is 1. The Morgan fingerprint density at radius 2 is 1.87 bits per heavy atom. The first-order chi connectivity index (χ1) is 15.0. The summed E-state index contributed by atoms with van der Waals surface area (Å²) in [4.78, 5) is 17.6. The van der Waals surface area contributed by atoms with Crippen LogP contribution in [0.3, 0.4) is 0 Å². The number of halogens is 2. The third-order valence-corrected chi connectivity index (χ3v) is 6.47. The van der Waals surface area contributed by atoms with Crippen molar-refractivity contribution in [3.8, 4) is 5.75 Å². The van der Waals surface area contributed by atoms with Gasteiger partial charge >= 0.3 is 0 Å². The Kier molecular flexibility index (Phi) is 6.80. The summed E-state index contributed by atoms with van der Waals surface area (Å²) >= 11 is 10.9. The van der Waals surface area contributed by atoms with Crippen LogP contribution >= 0.6 is 39.3 Å². The number of benzene rings is 3. The predicted molar refractivity (Wildman–Crippen MR) is 132 cm³/mol. The van der Waals surface area contributed by atoms with Crippen molar-refractivity contribution in [1.29, 1.82) is 0 Å². The smallest absolute Gasteiger partial charge is 0.264 e. The van der Waals surface area contributed by atoms with Gasteiger partial charge in [0.05, 0.1) is 10.6 Å². The number of aliphatic imine (C=N–C) groups is 1. The number of carbonyl (C=O) groups is 1. The van der Waals surface area contributed by atoms with E-state index in [4.69, 9.17) is 16.3 Å². The second kappa shape index (κ2) is 9.73. The zero-order chi connectivity index (χ0) is 21.8. The van der Waals surface area contributed by atoms with Crippen molar-refractivity contribution in [2.75, 3.05) is 0 Å². The zero-order valence-electron chi connectivity index (χ0n) is 16.6. The Labute approximate surface area is 198 Å². The largest absolute Gasteiger partial charge is 0.488 e. The van der Waals surface area contributed by atoms with Gasteiger partial charge in [0.2, 0.25) is 0 Å². The molecule has 1 amide bonds. The summed E-state index contributed by atoms with van der Waals surface area (Å²) in [6.45, 7) is 2.34. The Bertz CT molecular complexity index is 1190. The molecule has 0 saturated carbocycles. The van der Waals surface area contributed by atoms with Crippen molar-refractivity contribution in [2.45, 2.75) is 13.5 Å². The Hall–Kier alpha value is -2.54. The molecule has 1 saturated heterocycles. The highest BCUT2D eigenvalue weighted by molar-refractivity contribution is 9.10. The molecule has 1 heterocycles. The van der Waals surface area contributed by atoms with E-state index in [2.05, 4.69) is 26.2 Å². The Morgan fingerprint density at radius 1 is 1.10 bits per heavy atom. The molecule has 1 aliphatic heterocycles. The van der Waals surface area contributed by atoms with E-state index in [-0.39, 0.29) is 5.91 Å². The van der Waals surface area contributed by atoms with Gasteiger partial charge in [-0.3, -0.25) is 4.79 Å². The SMILES string of the molecule is Cc1c(Cl)cccc1N=C1NC(=O)/C(=C\c2ccccc2OCc2ccc(Br)cc2)S1. The second-order valence-electron chi connectivity index (χ2n) is 6.82. The van der Waals surface area contributed by atoms with Crippen molar-refractivity contribution in [1.82, 2.24) is 5.32 Å². The molecule has 4 nitrogen and oxygen atoms in total. The first-order valence-electron chi connectivity index (χ1n) is 9.50. The second-order valence-corrected chi connectivity index (χ2v) is 9.17. The van der Waals surface area contributed by atoms with Crippen LogP contribution in [0, 0.1) is 6.92 Å². The minimum absolute atomic E-state index is 0.189. The summed E-state index contributed by atoms with van der Waals surface area (Å²) in [5, 5.41) is 3.98. The number of nitrogens with zero attached hydrogens (tertiary/aromatic N) is 1. The summed E-state index contributed by atoms with van der Waals surface area (Å²) in [6.07, 6.45) is 1.82. The van der Waals surface area contributed by atoms with Gasteiger partial charge in [0.25, 0.3) is 5.91 Å². The molecule has 0 spiro atoms. The molecule has 31 heavy (non-hydrogen) atoms. The number of thioether (sulfide) groups is 1. The van der Waals surface area contributed by atoms with Crippen LogP contribution in [-0.2, 0) is 11.4 Å². The topological polar surface area (TPSA) is 50.7 Å². The number of nitrogens with one attached hydrogen (secondary N) is 1. The molecule has 1 fully saturated rings. The number of amidine groups is 1. The van der Waals surface area contributed by atoms with Crippen molar-refractivity contribution in [2.24, 2.45) is 4.99 Å². The van der Waals surface area contributed by atoms with Crippen molar-refractivity contribution >= 4 is 62.1 Å². The number of hydrogen-bond donors (Lipinski definition) is 1. The molecule has 1 N–H and O–H groups in total. The van der Waals surface area contributed by atoms with E-state index in [1.54, 1.807) is 0 Å². The van der Waals surface area contributed by atoms with Crippen molar-refractivity contribution in [3.63, 3.8) is 0 Å². The first-order valence-corrected chi connectivity index (χ1v) is 11.5. The van der Waals surface area contributed by atoms with E-state index in [1.165, 1.54) is 11.8 Å². The lowest BCUT2D eigenvalue weighted by Crippen LogP contribution is -2.19. The van der Waals surface area contributed by atoms with Crippen LogP contribution < -0.4 is 10.1 Å². The summed E-state index contributed by atoms with van der Waals surface area (Å²) in [6, 6.07) is 21.1. The van der Waals surface area contributed by atoms with Crippen LogP contribution in [0.4, 0.5) is 5.69 Å². The van der Waals surface area contributed by atoms with E-state index in [0.29, 0.717) is 27.5 Å². The fourth-order valence-electron chi connectivity index (χ4n) is 2.92. The van der Waals surface area contributed by atoms with E-state index < -0.39 is 0 Å². The molecular formula is C24H18BrClN2O2S. The summed E-state index contributed by atoms with van der Waals surface area (Å²) in [5.41, 5.74) is 3.49. The lowest BCUT2D eigenvalue weighted by molar-refractivity contribution is -0.115. The lowest BCUT2D eigenvalue weighted by Gasteiger charge is -2.09. The molecule has 3 aromatic carbocycles. The average Bonchev–Trinajstić information content (AvgIpc) is 3.10. The van der Waals surface area contributed by atoms with Crippen LogP contribution in [0.1, 0.15) is 16.7 Å². The molecular weight excluding hydrogens is 496 g/mol. The van der Waals surface area contributed by atoms with Gasteiger partial charge in [-0.1, -0.05) is 63.9 Å². The molecule has 0 aliphatic carbocycles. The average molecular weight is 514 g/mol. The third-order valence-electron chi connectivity index (χ3n) is 4.63. The van der Waals surface area contributed by atoms with Crippen molar-refractivity contribution < 1.29 is 9.53 Å². The highest BCUT2D eigenvalue weighted by Crippen LogP contribution is 2.32. The van der Waals surface area contributed by atoms with Crippen LogP contribution in [0.2, 0.25) is 5.02 Å². The Morgan fingerprint density at radius 3 is 2.68 bits per heavy atom. The lowest BCUT2D eigenvalue weighted by atomic mass is 10.2. The van der Waals surface area contributed by atoms with Gasteiger partial charge in [0.1, 0.15) is 12.4 Å². The molecule has 3 aromatic rings. The van der Waals surface area contributed by atoms with Gasteiger partial charge in [-0.15, -0.1) is 0 Å². The van der Waals surface area contributed by atoms with Gasteiger partial charge in [0, 0.05) is 15.1 Å². The number of amides is 1. The maximum absolute atomic E-state index is 12.5. The van der Waals surface area contributed by atoms with E-state index in [9.17, 15) is 4.79 Å². The van der Waals surface area contributed by atoms with Crippen molar-refractivity contribution in [3.05, 3.63) is 97.8 Å². The highest BCUT2D eigenvalue weighted by atomic mass is 79.9. The molecule has 0 bridgehead atoms. The van der Waals surface area contributed by atoms with E-state index in [1.807, 2.05) is 79.7 Å². The summed E-state index contributed by atoms with van der Waals surface area (Å²) < 4.78 is 7.04. The number of para-hydroxylation sites is 1. The maximum atomic E-state index is 12.5. The monoisotopic (exact) mass is 512 g/mol. The van der Waals surface area contributed by atoms with Gasteiger partial charge in [-0.05, 0) is 66.2 Å². The zero-order valence-corrected chi connectivity index (χ0v) is 19.7. The fraction of sp³-hybridized carbons (Fsp3) is 0.0833. The van der Waals surface area contributed by atoms with Gasteiger partial charge in [0.15, 0.2) is 5.17 Å². The maximum Gasteiger partial charge on any atom is 0.264 e. The normalized spacial score (nSPS) is 16.0. The van der Waals surface area contributed by atoms with Crippen LogP contribution in [0.5, 0.6) is 5.75 Å². The third kappa shape index (κ3) is 5.39. The molecule has 0 atom stereocenters. The number of hydrogen-bond acceptors (Lipinski definition) is 4. The molecule has 0 unspecified atom stereocenters. The Balaban J connectivity index is 1.53. The molecule has 4 rings (SSSR count). The van der Waals surface area contributed by atoms with Gasteiger partial charge < -0.3 is 10.1 Å². The number of ether oxygens (including phenoxy) is 1. The van der Waals surface area contributed by atoms with Gasteiger partial charge in [-0.2, -0.15) is 0 Å². The van der Waals surface area contributed by atoms with Crippen LogP contribution in [0.25, 0.3) is 6.08 Å². The van der Waals surface area contributed by atoms with E-state index >= 15 is 0 Å². The standard InChI is InChI=1S/C24H18BrClN2O2S/c1-15-19(26)6-4-7-20(15)27-24-28-23(29)22(31-24)13-17-5-2-3-8-21(17)30-14-16-9-11-18(25)12-10-16/h2-13H,14H2,1H3,(H,27,28,29)/b22-13+. The molecule has 7 heteroatoms. The molecule has 0 radical (unpaired) electrons. The molecule has 156 valence electrons. The quantitative estimate of drug-likeness (QED) is 0.378.